The first-order chi connectivity index (χ1) is 14.8. The SMILES string of the molecule is CCCCOC(=O)N1C[C@@H]2CNCCN2[C@H](C(c2ccccc2)c2ccccc2)C1. The maximum atomic E-state index is 12.9. The molecule has 1 N–H and O–H groups in total. The van der Waals surface area contributed by atoms with Crippen LogP contribution in [0, 0.1) is 0 Å². The van der Waals surface area contributed by atoms with Gasteiger partial charge in [-0.25, -0.2) is 4.79 Å². The van der Waals surface area contributed by atoms with Crippen molar-refractivity contribution in [2.24, 2.45) is 0 Å². The van der Waals surface area contributed by atoms with Gasteiger partial charge in [-0.3, -0.25) is 4.90 Å². The van der Waals surface area contributed by atoms with E-state index in [4.69, 9.17) is 4.74 Å². The lowest BCUT2D eigenvalue weighted by atomic mass is 9.82. The molecule has 1 amide bonds. The lowest BCUT2D eigenvalue weighted by Crippen LogP contribution is -2.67. The zero-order valence-electron chi connectivity index (χ0n) is 17.9. The van der Waals surface area contributed by atoms with Crippen LogP contribution < -0.4 is 5.32 Å². The molecule has 160 valence electrons. The third kappa shape index (κ3) is 4.68. The highest BCUT2D eigenvalue weighted by Crippen LogP contribution is 2.35. The van der Waals surface area contributed by atoms with Gasteiger partial charge in [0, 0.05) is 50.7 Å². The Balaban J connectivity index is 1.65. The summed E-state index contributed by atoms with van der Waals surface area (Å²) in [5, 5.41) is 3.51. The Morgan fingerprint density at radius 2 is 1.73 bits per heavy atom. The second-order valence-corrected chi connectivity index (χ2v) is 8.34. The van der Waals surface area contributed by atoms with Gasteiger partial charge in [0.05, 0.1) is 6.61 Å². The molecule has 2 heterocycles. The summed E-state index contributed by atoms with van der Waals surface area (Å²) >= 11 is 0. The molecule has 2 atom stereocenters. The summed E-state index contributed by atoms with van der Waals surface area (Å²) in [4.78, 5) is 17.4. The molecule has 2 saturated heterocycles. The van der Waals surface area contributed by atoms with Crippen molar-refractivity contribution in [1.29, 1.82) is 0 Å². The monoisotopic (exact) mass is 407 g/mol. The van der Waals surface area contributed by atoms with Gasteiger partial charge in [-0.1, -0.05) is 74.0 Å². The van der Waals surface area contributed by atoms with Crippen LogP contribution in [0.3, 0.4) is 0 Å². The zero-order valence-corrected chi connectivity index (χ0v) is 17.9. The average molecular weight is 408 g/mol. The number of nitrogens with one attached hydrogen (secondary N) is 1. The number of nitrogens with zero attached hydrogens (tertiary/aromatic N) is 2. The van der Waals surface area contributed by atoms with Crippen molar-refractivity contribution in [2.75, 3.05) is 39.3 Å². The summed E-state index contributed by atoms with van der Waals surface area (Å²) in [6.45, 7) is 6.94. The highest BCUT2D eigenvalue weighted by molar-refractivity contribution is 5.68. The maximum absolute atomic E-state index is 12.9. The fraction of sp³-hybridized carbons (Fsp3) is 0.480. The van der Waals surface area contributed by atoms with E-state index in [2.05, 4.69) is 77.8 Å². The topological polar surface area (TPSA) is 44.8 Å². The van der Waals surface area contributed by atoms with E-state index >= 15 is 0 Å². The lowest BCUT2D eigenvalue weighted by Gasteiger charge is -2.51. The minimum absolute atomic E-state index is 0.168. The van der Waals surface area contributed by atoms with Crippen LogP contribution in [0.4, 0.5) is 4.79 Å². The Morgan fingerprint density at radius 3 is 2.37 bits per heavy atom. The van der Waals surface area contributed by atoms with Gasteiger partial charge in [0.15, 0.2) is 0 Å². The molecular formula is C25H33N3O2. The van der Waals surface area contributed by atoms with Gasteiger partial charge in [-0.05, 0) is 17.5 Å². The molecule has 0 saturated carbocycles. The largest absolute Gasteiger partial charge is 0.449 e. The number of fused-ring (bicyclic) bond motifs is 1. The number of piperazine rings is 2. The first-order valence-corrected chi connectivity index (χ1v) is 11.3. The standard InChI is InChI=1S/C25H33N3O2/c1-2-3-16-30-25(29)27-18-22-17-26-14-15-28(22)23(19-27)24(20-10-6-4-7-11-20)21-12-8-5-9-13-21/h4-13,22-24,26H,2-3,14-19H2,1H3/t22-,23-/m0/s1. The molecule has 0 bridgehead atoms. The molecule has 4 rings (SSSR count). The number of carbonyl (C=O) groups excluding carboxylic acids is 1. The highest BCUT2D eigenvalue weighted by Gasteiger charge is 2.42. The van der Waals surface area contributed by atoms with E-state index in [0.717, 1.165) is 39.0 Å². The van der Waals surface area contributed by atoms with Crippen molar-refractivity contribution in [3.63, 3.8) is 0 Å². The van der Waals surface area contributed by atoms with E-state index in [0.29, 0.717) is 19.2 Å². The van der Waals surface area contributed by atoms with Gasteiger partial charge in [0.2, 0.25) is 0 Å². The smallest absolute Gasteiger partial charge is 0.409 e. The number of ether oxygens (including phenoxy) is 1. The normalized spacial score (nSPS) is 22.0. The molecule has 2 aromatic carbocycles. The number of amides is 1. The van der Waals surface area contributed by atoms with E-state index in [1.807, 2.05) is 4.90 Å². The van der Waals surface area contributed by atoms with Gasteiger partial charge in [-0.2, -0.15) is 0 Å². The summed E-state index contributed by atoms with van der Waals surface area (Å²) in [7, 11) is 0. The average Bonchev–Trinajstić information content (AvgIpc) is 2.80. The quantitative estimate of drug-likeness (QED) is 0.742. The fourth-order valence-electron chi connectivity index (χ4n) is 4.84. The second-order valence-electron chi connectivity index (χ2n) is 8.34. The van der Waals surface area contributed by atoms with Crippen molar-refractivity contribution in [1.82, 2.24) is 15.1 Å². The molecule has 2 aliphatic heterocycles. The summed E-state index contributed by atoms with van der Waals surface area (Å²) in [5.41, 5.74) is 2.60. The summed E-state index contributed by atoms with van der Waals surface area (Å²) in [6.07, 6.45) is 1.77. The molecular weight excluding hydrogens is 374 g/mol. The van der Waals surface area contributed by atoms with E-state index < -0.39 is 0 Å². The molecule has 0 radical (unpaired) electrons. The van der Waals surface area contributed by atoms with Gasteiger partial charge in [0.1, 0.15) is 0 Å². The van der Waals surface area contributed by atoms with Crippen LogP contribution in [0.15, 0.2) is 60.7 Å². The number of carbonyl (C=O) groups is 1. The minimum atomic E-state index is -0.168. The Labute approximate surface area is 180 Å². The Bertz CT molecular complexity index is 759. The number of benzene rings is 2. The summed E-state index contributed by atoms with van der Waals surface area (Å²) in [6, 6.07) is 22.0. The third-order valence-electron chi connectivity index (χ3n) is 6.34. The minimum Gasteiger partial charge on any atom is -0.449 e. The van der Waals surface area contributed by atoms with Gasteiger partial charge in [0.25, 0.3) is 0 Å². The van der Waals surface area contributed by atoms with Crippen LogP contribution in [-0.2, 0) is 4.74 Å². The zero-order chi connectivity index (χ0) is 20.8. The van der Waals surface area contributed by atoms with Gasteiger partial charge < -0.3 is 15.0 Å². The lowest BCUT2D eigenvalue weighted by molar-refractivity contribution is -0.000156. The second kappa shape index (κ2) is 10.1. The number of hydrogen-bond donors (Lipinski definition) is 1. The van der Waals surface area contributed by atoms with Crippen LogP contribution in [0.1, 0.15) is 36.8 Å². The molecule has 0 aromatic heterocycles. The molecule has 0 unspecified atom stereocenters. The molecule has 2 aromatic rings. The molecule has 0 aliphatic carbocycles. The van der Waals surface area contributed by atoms with Crippen LogP contribution in [0.2, 0.25) is 0 Å². The van der Waals surface area contributed by atoms with Gasteiger partial charge >= 0.3 is 6.09 Å². The predicted molar refractivity (Wildman–Crippen MR) is 120 cm³/mol. The van der Waals surface area contributed by atoms with E-state index in [9.17, 15) is 4.79 Å². The van der Waals surface area contributed by atoms with Crippen molar-refractivity contribution in [2.45, 2.75) is 37.8 Å². The van der Waals surface area contributed by atoms with Crippen molar-refractivity contribution in [3.05, 3.63) is 71.8 Å². The Morgan fingerprint density at radius 1 is 1.07 bits per heavy atom. The van der Waals surface area contributed by atoms with Gasteiger partial charge in [-0.15, -0.1) is 0 Å². The first-order valence-electron chi connectivity index (χ1n) is 11.3. The Kier molecular flexibility index (Phi) is 7.03. The van der Waals surface area contributed by atoms with Crippen LogP contribution in [0.25, 0.3) is 0 Å². The Hall–Kier alpha value is -2.37. The summed E-state index contributed by atoms with van der Waals surface area (Å²) < 4.78 is 5.59. The van der Waals surface area contributed by atoms with E-state index in [1.165, 1.54) is 11.1 Å². The third-order valence-corrected chi connectivity index (χ3v) is 6.34. The summed E-state index contributed by atoms with van der Waals surface area (Å²) in [5.74, 6) is 0.208. The number of unbranched alkanes of at least 4 members (excludes halogenated alkanes) is 1. The van der Waals surface area contributed by atoms with Crippen LogP contribution >= 0.6 is 0 Å². The molecule has 5 heteroatoms. The van der Waals surface area contributed by atoms with Crippen LogP contribution in [0.5, 0.6) is 0 Å². The van der Waals surface area contributed by atoms with Crippen molar-refractivity contribution in [3.8, 4) is 0 Å². The van der Waals surface area contributed by atoms with E-state index in [1.54, 1.807) is 0 Å². The fourth-order valence-corrected chi connectivity index (χ4v) is 4.84. The highest BCUT2D eigenvalue weighted by atomic mass is 16.6. The maximum Gasteiger partial charge on any atom is 0.409 e. The molecule has 5 nitrogen and oxygen atoms in total. The number of rotatable bonds is 6. The predicted octanol–water partition coefficient (Wildman–Crippen LogP) is 3.71. The first kappa shape index (κ1) is 20.9. The molecule has 0 spiro atoms. The van der Waals surface area contributed by atoms with E-state index in [-0.39, 0.29) is 18.1 Å². The van der Waals surface area contributed by atoms with Crippen LogP contribution in [-0.4, -0.2) is 67.3 Å². The molecule has 30 heavy (non-hydrogen) atoms. The number of hydrogen-bond acceptors (Lipinski definition) is 4. The van der Waals surface area contributed by atoms with Crippen molar-refractivity contribution < 1.29 is 9.53 Å². The molecule has 2 fully saturated rings. The molecule has 2 aliphatic rings. The van der Waals surface area contributed by atoms with Crippen molar-refractivity contribution >= 4 is 6.09 Å².